The molecule has 88 valence electrons. The Balaban J connectivity index is 2.50. The van der Waals surface area contributed by atoms with Crippen LogP contribution in [0.2, 0.25) is 0 Å². The van der Waals surface area contributed by atoms with Crippen LogP contribution in [0.25, 0.3) is 0 Å². The van der Waals surface area contributed by atoms with E-state index in [1.807, 2.05) is 26.0 Å². The third kappa shape index (κ3) is 4.61. The van der Waals surface area contributed by atoms with Crippen LogP contribution < -0.4 is 5.32 Å². The summed E-state index contributed by atoms with van der Waals surface area (Å²) in [7, 11) is 0. The zero-order valence-electron chi connectivity index (χ0n) is 9.33. The van der Waals surface area contributed by atoms with Gasteiger partial charge in [-0.15, -0.1) is 0 Å². The molecule has 0 spiro atoms. The average Bonchev–Trinajstić information content (AvgIpc) is 2.15. The molecule has 1 heterocycles. The lowest BCUT2D eigenvalue weighted by molar-refractivity contribution is 0.180. The van der Waals surface area contributed by atoms with Crippen LogP contribution in [-0.4, -0.2) is 21.7 Å². The first kappa shape index (κ1) is 13.0. The van der Waals surface area contributed by atoms with Gasteiger partial charge in [0.2, 0.25) is 0 Å². The van der Waals surface area contributed by atoms with Gasteiger partial charge in [0.15, 0.2) is 0 Å². The van der Waals surface area contributed by atoms with E-state index in [1.165, 1.54) is 0 Å². The minimum atomic E-state index is -0.992. The molecule has 0 aliphatic carbocycles. The Kier molecular flexibility index (Phi) is 4.29. The number of hydrogen-bond donors (Lipinski definition) is 2. The lowest BCUT2D eigenvalue weighted by Crippen LogP contribution is -2.42. The predicted octanol–water partition coefficient (Wildman–Crippen LogP) is 2.82. The normalized spacial score (nSPS) is 11.2. The van der Waals surface area contributed by atoms with Crippen molar-refractivity contribution in [3.05, 3.63) is 28.5 Å². The zero-order valence-corrected chi connectivity index (χ0v) is 10.9. The Hall–Kier alpha value is -1.10. The van der Waals surface area contributed by atoms with Gasteiger partial charge in [-0.3, -0.25) is 4.98 Å². The van der Waals surface area contributed by atoms with Gasteiger partial charge < -0.3 is 10.4 Å². The summed E-state index contributed by atoms with van der Waals surface area (Å²) in [5.74, 6) is 0. The van der Waals surface area contributed by atoms with Crippen molar-refractivity contribution >= 4 is 22.0 Å². The number of nitrogens with one attached hydrogen (secondary N) is 1. The maximum Gasteiger partial charge on any atom is 0.405 e. The topological polar surface area (TPSA) is 62.2 Å². The third-order valence-corrected chi connectivity index (χ3v) is 2.71. The summed E-state index contributed by atoms with van der Waals surface area (Å²) in [4.78, 5) is 14.8. The van der Waals surface area contributed by atoms with Crippen LogP contribution >= 0.6 is 15.9 Å². The van der Waals surface area contributed by atoms with E-state index in [-0.39, 0.29) is 0 Å². The number of halogens is 1. The summed E-state index contributed by atoms with van der Waals surface area (Å²) < 4.78 is 0.944. The van der Waals surface area contributed by atoms with Crippen molar-refractivity contribution < 1.29 is 9.90 Å². The van der Waals surface area contributed by atoms with E-state index in [2.05, 4.69) is 26.2 Å². The SMILES string of the molecule is CC(C)(CCc1ccc(Br)cn1)NC(=O)O. The predicted molar refractivity (Wildman–Crippen MR) is 65.5 cm³/mol. The summed E-state index contributed by atoms with van der Waals surface area (Å²) in [6.45, 7) is 3.72. The summed E-state index contributed by atoms with van der Waals surface area (Å²) in [5.41, 5.74) is 0.532. The number of carboxylic acid groups (broad SMARTS) is 1. The van der Waals surface area contributed by atoms with Crippen molar-refractivity contribution in [3.8, 4) is 0 Å². The number of pyridine rings is 1. The maximum atomic E-state index is 10.5. The molecule has 5 heteroatoms. The van der Waals surface area contributed by atoms with E-state index >= 15 is 0 Å². The van der Waals surface area contributed by atoms with Crippen LogP contribution in [-0.2, 0) is 6.42 Å². The fraction of sp³-hybridized carbons (Fsp3) is 0.455. The second-order valence-corrected chi connectivity index (χ2v) is 5.20. The molecule has 0 aliphatic rings. The molecule has 0 atom stereocenters. The van der Waals surface area contributed by atoms with Gasteiger partial charge in [0, 0.05) is 21.9 Å². The first-order valence-electron chi connectivity index (χ1n) is 5.00. The number of rotatable bonds is 4. The molecule has 1 aromatic rings. The Morgan fingerprint density at radius 3 is 2.75 bits per heavy atom. The number of carbonyl (C=O) groups is 1. The van der Waals surface area contributed by atoms with Crippen molar-refractivity contribution in [1.82, 2.24) is 10.3 Å². The van der Waals surface area contributed by atoms with Gasteiger partial charge >= 0.3 is 6.09 Å². The number of aromatic nitrogens is 1. The molecular formula is C11H15BrN2O2. The largest absolute Gasteiger partial charge is 0.465 e. The molecular weight excluding hydrogens is 272 g/mol. The van der Waals surface area contributed by atoms with E-state index in [1.54, 1.807) is 6.20 Å². The summed E-state index contributed by atoms with van der Waals surface area (Å²) in [6.07, 6.45) is 2.22. The molecule has 0 fully saturated rings. The molecule has 0 unspecified atom stereocenters. The molecule has 4 nitrogen and oxygen atoms in total. The van der Waals surface area contributed by atoms with E-state index in [0.717, 1.165) is 16.6 Å². The Labute approximate surface area is 103 Å². The van der Waals surface area contributed by atoms with Crippen molar-refractivity contribution in [1.29, 1.82) is 0 Å². The summed E-state index contributed by atoms with van der Waals surface area (Å²) in [6, 6.07) is 3.86. The van der Waals surface area contributed by atoms with E-state index in [0.29, 0.717) is 6.42 Å². The Bertz CT molecular complexity index is 363. The number of hydrogen-bond acceptors (Lipinski definition) is 2. The van der Waals surface area contributed by atoms with Crippen LogP contribution in [0.1, 0.15) is 26.0 Å². The standard InChI is InChI=1S/C11H15BrN2O2/c1-11(2,14-10(15)16)6-5-9-4-3-8(12)7-13-9/h3-4,7,14H,5-6H2,1-2H3,(H,15,16). The smallest absolute Gasteiger partial charge is 0.405 e. The van der Waals surface area contributed by atoms with E-state index < -0.39 is 11.6 Å². The molecule has 1 amide bonds. The lowest BCUT2D eigenvalue weighted by atomic mass is 9.97. The molecule has 2 N–H and O–H groups in total. The highest BCUT2D eigenvalue weighted by Gasteiger charge is 2.19. The summed E-state index contributed by atoms with van der Waals surface area (Å²) >= 11 is 3.32. The highest BCUT2D eigenvalue weighted by Crippen LogP contribution is 2.14. The second kappa shape index (κ2) is 5.30. The Morgan fingerprint density at radius 1 is 1.56 bits per heavy atom. The molecule has 0 saturated heterocycles. The van der Waals surface area contributed by atoms with Crippen LogP contribution in [0.15, 0.2) is 22.8 Å². The molecule has 0 aromatic carbocycles. The van der Waals surface area contributed by atoms with Gasteiger partial charge in [-0.1, -0.05) is 0 Å². The lowest BCUT2D eigenvalue weighted by Gasteiger charge is -2.24. The minimum Gasteiger partial charge on any atom is -0.465 e. The van der Waals surface area contributed by atoms with Gasteiger partial charge in [0.25, 0.3) is 0 Å². The molecule has 0 aliphatic heterocycles. The number of aryl methyl sites for hydroxylation is 1. The monoisotopic (exact) mass is 286 g/mol. The van der Waals surface area contributed by atoms with Gasteiger partial charge in [0.1, 0.15) is 0 Å². The van der Waals surface area contributed by atoms with Crippen molar-refractivity contribution in [2.75, 3.05) is 0 Å². The first-order valence-corrected chi connectivity index (χ1v) is 5.80. The summed E-state index contributed by atoms with van der Waals surface area (Å²) in [5, 5.41) is 11.1. The first-order chi connectivity index (χ1) is 7.39. The van der Waals surface area contributed by atoms with Crippen molar-refractivity contribution in [2.24, 2.45) is 0 Å². The second-order valence-electron chi connectivity index (χ2n) is 4.28. The van der Waals surface area contributed by atoms with Crippen molar-refractivity contribution in [3.63, 3.8) is 0 Å². The van der Waals surface area contributed by atoms with Gasteiger partial charge in [-0.2, -0.15) is 0 Å². The highest BCUT2D eigenvalue weighted by atomic mass is 79.9. The zero-order chi connectivity index (χ0) is 12.2. The van der Waals surface area contributed by atoms with Crippen LogP contribution in [0.3, 0.4) is 0 Å². The molecule has 1 rings (SSSR count). The average molecular weight is 287 g/mol. The fourth-order valence-electron chi connectivity index (χ4n) is 1.35. The third-order valence-electron chi connectivity index (χ3n) is 2.24. The fourth-order valence-corrected chi connectivity index (χ4v) is 1.58. The molecule has 0 radical (unpaired) electrons. The van der Waals surface area contributed by atoms with Gasteiger partial charge in [0.05, 0.1) is 0 Å². The minimum absolute atomic E-state index is 0.430. The number of amides is 1. The van der Waals surface area contributed by atoms with Crippen molar-refractivity contribution in [2.45, 2.75) is 32.2 Å². The van der Waals surface area contributed by atoms with Gasteiger partial charge in [-0.25, -0.2) is 4.79 Å². The maximum absolute atomic E-state index is 10.5. The molecule has 0 saturated carbocycles. The van der Waals surface area contributed by atoms with Crippen LogP contribution in [0.5, 0.6) is 0 Å². The number of nitrogens with zero attached hydrogens (tertiary/aromatic N) is 1. The molecule has 1 aromatic heterocycles. The van der Waals surface area contributed by atoms with E-state index in [9.17, 15) is 4.79 Å². The Morgan fingerprint density at radius 2 is 2.25 bits per heavy atom. The van der Waals surface area contributed by atoms with Crippen LogP contribution in [0.4, 0.5) is 4.79 Å². The van der Waals surface area contributed by atoms with Crippen LogP contribution in [0, 0.1) is 0 Å². The quantitative estimate of drug-likeness (QED) is 0.895. The molecule has 0 bridgehead atoms. The van der Waals surface area contributed by atoms with Gasteiger partial charge in [-0.05, 0) is 54.8 Å². The molecule has 16 heavy (non-hydrogen) atoms. The highest BCUT2D eigenvalue weighted by molar-refractivity contribution is 9.10. The van der Waals surface area contributed by atoms with E-state index in [4.69, 9.17) is 5.11 Å².